The number of methoxy groups -OCH3 is 1. The maximum Gasteiger partial charge on any atom is 0.270 e. The Balaban J connectivity index is 1.07. The van der Waals surface area contributed by atoms with Gasteiger partial charge in [-0.1, -0.05) is 30.3 Å². The van der Waals surface area contributed by atoms with E-state index in [0.29, 0.717) is 49.6 Å². The summed E-state index contributed by atoms with van der Waals surface area (Å²) < 4.78 is 5.40. The Morgan fingerprint density at radius 3 is 2.24 bits per heavy atom. The van der Waals surface area contributed by atoms with Crippen molar-refractivity contribution in [3.05, 3.63) is 65.9 Å². The molecular formula is C31H35N3O3. The van der Waals surface area contributed by atoms with Gasteiger partial charge in [-0.15, -0.1) is 0 Å². The third-order valence-electron chi connectivity index (χ3n) is 9.83. The molecule has 2 amide bonds. The molecule has 0 spiro atoms. The highest BCUT2D eigenvalue weighted by atomic mass is 16.5. The number of rotatable bonds is 4. The number of H-pyrrole nitrogens is 1. The van der Waals surface area contributed by atoms with Gasteiger partial charge in [0.05, 0.1) is 12.5 Å². The average Bonchev–Trinajstić information content (AvgIpc) is 3.36. The lowest BCUT2D eigenvalue weighted by Gasteiger charge is -2.62. The predicted molar refractivity (Wildman–Crippen MR) is 143 cm³/mol. The zero-order chi connectivity index (χ0) is 25.2. The van der Waals surface area contributed by atoms with Crippen molar-refractivity contribution >= 4 is 22.7 Å². The number of ether oxygens (including phenoxy) is 1. The van der Waals surface area contributed by atoms with Gasteiger partial charge in [-0.2, -0.15) is 0 Å². The molecule has 2 aromatic carbocycles. The summed E-state index contributed by atoms with van der Waals surface area (Å²) in [5.74, 6) is 2.53. The summed E-state index contributed by atoms with van der Waals surface area (Å²) >= 11 is 0. The first-order valence-corrected chi connectivity index (χ1v) is 13.8. The molecule has 6 heteroatoms. The number of aromatic nitrogens is 1. The van der Waals surface area contributed by atoms with Crippen LogP contribution in [0.1, 0.15) is 54.6 Å². The fourth-order valence-corrected chi connectivity index (χ4v) is 8.60. The number of carbonyl (C=O) groups excluding carboxylic acids is 2. The highest BCUT2D eigenvalue weighted by molar-refractivity contribution is 5.98. The Hall–Kier alpha value is -3.28. The number of fused-ring (bicyclic) bond motifs is 1. The van der Waals surface area contributed by atoms with E-state index in [9.17, 15) is 9.59 Å². The van der Waals surface area contributed by atoms with Gasteiger partial charge in [0.2, 0.25) is 5.91 Å². The summed E-state index contributed by atoms with van der Waals surface area (Å²) in [4.78, 5) is 34.6. The number of nitrogens with zero attached hydrogens (tertiary/aromatic N) is 2. The molecule has 2 heterocycles. The normalized spacial score (nSPS) is 30.6. The van der Waals surface area contributed by atoms with Gasteiger partial charge in [-0.05, 0) is 85.6 Å². The van der Waals surface area contributed by atoms with Crippen LogP contribution in [0.2, 0.25) is 0 Å². The van der Waals surface area contributed by atoms with Crippen LogP contribution in [0.5, 0.6) is 5.75 Å². The molecule has 8 rings (SSSR count). The smallest absolute Gasteiger partial charge is 0.270 e. The van der Waals surface area contributed by atoms with Crippen molar-refractivity contribution < 1.29 is 14.3 Å². The second-order valence-electron chi connectivity index (χ2n) is 12.1. The Morgan fingerprint density at radius 1 is 0.892 bits per heavy atom. The van der Waals surface area contributed by atoms with Crippen LogP contribution in [-0.2, 0) is 10.2 Å². The minimum atomic E-state index is -0.243. The van der Waals surface area contributed by atoms with Crippen molar-refractivity contribution in [1.82, 2.24) is 14.8 Å². The Kier molecular flexibility index (Phi) is 5.18. The van der Waals surface area contributed by atoms with E-state index in [1.165, 1.54) is 24.8 Å². The van der Waals surface area contributed by atoms with Crippen LogP contribution in [0.4, 0.5) is 0 Å². The van der Waals surface area contributed by atoms with Gasteiger partial charge in [0.25, 0.3) is 5.91 Å². The molecule has 2 unspecified atom stereocenters. The maximum absolute atomic E-state index is 14.2. The van der Waals surface area contributed by atoms with Gasteiger partial charge in [0.1, 0.15) is 11.4 Å². The van der Waals surface area contributed by atoms with Crippen molar-refractivity contribution in [2.75, 3.05) is 33.3 Å². The molecule has 1 aliphatic heterocycles. The van der Waals surface area contributed by atoms with Crippen molar-refractivity contribution in [3.8, 4) is 5.75 Å². The highest BCUT2D eigenvalue weighted by Gasteiger charge is 2.61. The molecule has 1 aromatic heterocycles. The summed E-state index contributed by atoms with van der Waals surface area (Å²) in [6.07, 6.45) is 6.73. The number of nitrogens with one attached hydrogen (secondary N) is 1. The number of hydrogen-bond acceptors (Lipinski definition) is 3. The molecule has 1 saturated heterocycles. The van der Waals surface area contributed by atoms with Gasteiger partial charge < -0.3 is 19.5 Å². The quantitative estimate of drug-likeness (QED) is 0.552. The highest BCUT2D eigenvalue weighted by Crippen LogP contribution is 2.66. The third-order valence-corrected chi connectivity index (χ3v) is 9.83. The zero-order valence-electron chi connectivity index (χ0n) is 21.5. The van der Waals surface area contributed by atoms with Crippen LogP contribution in [-0.4, -0.2) is 59.9 Å². The average molecular weight is 498 g/mol. The SMILES string of the molecule is COc1ccc(C23CC4CC(CC(C(=O)N5CCN(C(=O)c6cc7ccccc7[nH]6)CC5)(C4)C2)C3)cc1. The summed E-state index contributed by atoms with van der Waals surface area (Å²) in [5.41, 5.74) is 2.86. The molecule has 5 fully saturated rings. The Morgan fingerprint density at radius 2 is 1.57 bits per heavy atom. The van der Waals surface area contributed by atoms with Crippen LogP contribution in [0, 0.1) is 17.3 Å². The summed E-state index contributed by atoms with van der Waals surface area (Å²) in [5, 5.41) is 1.05. The summed E-state index contributed by atoms with van der Waals surface area (Å²) in [7, 11) is 1.71. The van der Waals surface area contributed by atoms with E-state index in [-0.39, 0.29) is 16.7 Å². The first kappa shape index (κ1) is 22.9. The van der Waals surface area contributed by atoms with Crippen LogP contribution in [0.25, 0.3) is 10.9 Å². The van der Waals surface area contributed by atoms with E-state index >= 15 is 0 Å². The summed E-state index contributed by atoms with van der Waals surface area (Å²) in [6, 6.07) is 18.5. The van der Waals surface area contributed by atoms with E-state index < -0.39 is 0 Å². The maximum atomic E-state index is 14.2. The minimum absolute atomic E-state index is 0.0246. The van der Waals surface area contributed by atoms with E-state index in [2.05, 4.69) is 34.1 Å². The lowest BCUT2D eigenvalue weighted by atomic mass is 9.42. The fourth-order valence-electron chi connectivity index (χ4n) is 8.60. The molecule has 4 aliphatic carbocycles. The second-order valence-corrected chi connectivity index (χ2v) is 12.1. The van der Waals surface area contributed by atoms with Crippen molar-refractivity contribution in [1.29, 1.82) is 0 Å². The van der Waals surface area contributed by atoms with Gasteiger partial charge in [-0.3, -0.25) is 9.59 Å². The molecule has 37 heavy (non-hydrogen) atoms. The van der Waals surface area contributed by atoms with E-state index in [1.54, 1.807) is 7.11 Å². The molecular weight excluding hydrogens is 462 g/mol. The Bertz CT molecular complexity index is 1300. The van der Waals surface area contributed by atoms with Gasteiger partial charge >= 0.3 is 0 Å². The number of carbonyl (C=O) groups is 2. The zero-order valence-corrected chi connectivity index (χ0v) is 21.5. The molecule has 3 aromatic rings. The fraction of sp³-hybridized carbons (Fsp3) is 0.484. The number of aromatic amines is 1. The van der Waals surface area contributed by atoms with Crippen molar-refractivity contribution in [2.24, 2.45) is 17.3 Å². The monoisotopic (exact) mass is 497 g/mol. The van der Waals surface area contributed by atoms with E-state index in [4.69, 9.17) is 4.74 Å². The molecule has 6 nitrogen and oxygen atoms in total. The van der Waals surface area contributed by atoms with E-state index in [1.807, 2.05) is 35.2 Å². The first-order valence-electron chi connectivity index (χ1n) is 13.8. The molecule has 0 radical (unpaired) electrons. The van der Waals surface area contributed by atoms with Crippen molar-refractivity contribution in [3.63, 3.8) is 0 Å². The molecule has 1 N–H and O–H groups in total. The largest absolute Gasteiger partial charge is 0.497 e. The minimum Gasteiger partial charge on any atom is -0.497 e. The van der Waals surface area contributed by atoms with Gasteiger partial charge in [0.15, 0.2) is 0 Å². The van der Waals surface area contributed by atoms with Crippen LogP contribution >= 0.6 is 0 Å². The van der Waals surface area contributed by atoms with Crippen LogP contribution < -0.4 is 4.74 Å². The number of benzene rings is 2. The molecule has 4 saturated carbocycles. The number of amides is 2. The second kappa shape index (κ2) is 8.37. The molecule has 2 atom stereocenters. The van der Waals surface area contributed by atoms with E-state index in [0.717, 1.165) is 35.9 Å². The Labute approximate surface area is 218 Å². The number of hydrogen-bond donors (Lipinski definition) is 1. The first-order chi connectivity index (χ1) is 18.0. The van der Waals surface area contributed by atoms with Crippen LogP contribution in [0.3, 0.4) is 0 Å². The lowest BCUT2D eigenvalue weighted by molar-refractivity contribution is -0.161. The molecule has 4 bridgehead atoms. The standard InChI is InChI=1S/C31H35N3O3/c1-37-25-8-6-24(7-9-25)30-16-21-14-22(17-30)19-31(18-21,20-30)29(36)34-12-10-33(11-13-34)28(35)27-15-23-4-2-3-5-26(23)32-27/h2-9,15,21-22,32H,10-14,16-20H2,1H3. The topological polar surface area (TPSA) is 65.6 Å². The molecule has 192 valence electrons. The van der Waals surface area contributed by atoms with Gasteiger partial charge in [-0.25, -0.2) is 0 Å². The van der Waals surface area contributed by atoms with Crippen LogP contribution in [0.15, 0.2) is 54.6 Å². The third kappa shape index (κ3) is 3.67. The molecule has 5 aliphatic rings. The number of piperazine rings is 1. The summed E-state index contributed by atoms with van der Waals surface area (Å²) in [6.45, 7) is 2.42. The number of para-hydroxylation sites is 1. The van der Waals surface area contributed by atoms with Gasteiger partial charge in [0, 0.05) is 37.1 Å². The van der Waals surface area contributed by atoms with Crippen molar-refractivity contribution in [2.45, 2.75) is 43.9 Å². The lowest BCUT2D eigenvalue weighted by Crippen LogP contribution is -2.61. The predicted octanol–water partition coefficient (Wildman–Crippen LogP) is 5.00.